The van der Waals surface area contributed by atoms with E-state index in [2.05, 4.69) is 15.3 Å². The topological polar surface area (TPSA) is 46.0 Å². The summed E-state index contributed by atoms with van der Waals surface area (Å²) in [4.78, 5) is 0. The third-order valence-electron chi connectivity index (χ3n) is 2.31. The average Bonchev–Trinajstić information content (AvgIpc) is 2.58. The van der Waals surface area contributed by atoms with Crippen LogP contribution in [0.4, 0.5) is 0 Å². The number of rotatable bonds is 2. The minimum Gasteiger partial charge on any atom is -0.250 e. The van der Waals surface area contributed by atoms with E-state index in [9.17, 15) is 0 Å². The average molecular weight is 232 g/mol. The molecule has 0 radical (unpaired) electrons. The van der Waals surface area contributed by atoms with Gasteiger partial charge in [-0.1, -0.05) is 24.3 Å². The van der Waals surface area contributed by atoms with Crippen LogP contribution in [0.1, 0.15) is 17.0 Å². The Hall–Kier alpha value is -1.75. The van der Waals surface area contributed by atoms with E-state index in [0.717, 1.165) is 11.4 Å². The molecule has 0 saturated carbocycles. The molecule has 1 aromatic heterocycles. The molecule has 82 valence electrons. The van der Waals surface area contributed by atoms with Gasteiger partial charge in [-0.3, -0.25) is 5.10 Å². The Labute approximate surface area is 98.6 Å². The van der Waals surface area contributed by atoms with Gasteiger partial charge in [0, 0.05) is 0 Å². The minimum atomic E-state index is 0.502. The Morgan fingerprint density at radius 3 is 2.75 bits per heavy atom. The summed E-state index contributed by atoms with van der Waals surface area (Å²) in [6.07, 6.45) is 1.79. The summed E-state index contributed by atoms with van der Waals surface area (Å²) in [5, 5.41) is 11.0. The second kappa shape index (κ2) is 4.40. The molecule has 0 spiro atoms. The van der Waals surface area contributed by atoms with Crippen molar-refractivity contribution in [2.45, 2.75) is 13.8 Å². The highest BCUT2D eigenvalue weighted by atomic mass is 32.1. The van der Waals surface area contributed by atoms with E-state index in [1.807, 2.05) is 38.1 Å². The Bertz CT molecular complexity index is 580. The highest BCUT2D eigenvalue weighted by molar-refractivity contribution is 7.71. The van der Waals surface area contributed by atoms with Crippen molar-refractivity contribution in [1.82, 2.24) is 14.9 Å². The van der Waals surface area contributed by atoms with Crippen LogP contribution < -0.4 is 0 Å². The highest BCUT2D eigenvalue weighted by Crippen LogP contribution is 2.04. The maximum Gasteiger partial charge on any atom is 0.216 e. The number of hydrogen-bond donors (Lipinski definition) is 1. The third-order valence-corrected chi connectivity index (χ3v) is 2.58. The standard InChI is InChI=1S/C11H12N4S/c1-8-5-3-4-6-10(8)7-12-15-9(2)13-14-11(15)16/h3-7H,1-2H3,(H,14,16)/b12-7+. The van der Waals surface area contributed by atoms with Crippen LogP contribution in [0.15, 0.2) is 29.4 Å². The zero-order chi connectivity index (χ0) is 11.5. The van der Waals surface area contributed by atoms with Crippen LogP contribution in [-0.4, -0.2) is 21.1 Å². The van der Waals surface area contributed by atoms with E-state index < -0.39 is 0 Å². The number of aromatic nitrogens is 3. The van der Waals surface area contributed by atoms with E-state index >= 15 is 0 Å². The van der Waals surface area contributed by atoms with Crippen molar-refractivity contribution in [3.63, 3.8) is 0 Å². The molecule has 2 aromatic rings. The molecular formula is C11H12N4S. The molecule has 1 aromatic carbocycles. The molecule has 1 heterocycles. The largest absolute Gasteiger partial charge is 0.250 e. The SMILES string of the molecule is Cc1ccccc1/C=N/n1c(C)n[nH]c1=S. The number of aryl methyl sites for hydroxylation is 2. The van der Waals surface area contributed by atoms with Gasteiger partial charge in [0.25, 0.3) is 0 Å². The lowest BCUT2D eigenvalue weighted by atomic mass is 10.1. The zero-order valence-electron chi connectivity index (χ0n) is 9.14. The van der Waals surface area contributed by atoms with Crippen LogP contribution in [0, 0.1) is 18.6 Å². The van der Waals surface area contributed by atoms with E-state index in [1.54, 1.807) is 10.9 Å². The molecule has 0 aliphatic rings. The van der Waals surface area contributed by atoms with Gasteiger partial charge in [-0.15, -0.1) is 0 Å². The Kier molecular flexibility index (Phi) is 2.96. The lowest BCUT2D eigenvalue weighted by Crippen LogP contribution is -1.94. The van der Waals surface area contributed by atoms with Crippen LogP contribution >= 0.6 is 12.2 Å². The molecular weight excluding hydrogens is 220 g/mol. The van der Waals surface area contributed by atoms with Crippen molar-refractivity contribution in [2.24, 2.45) is 5.10 Å². The summed E-state index contributed by atoms with van der Waals surface area (Å²) in [6, 6.07) is 8.04. The summed E-state index contributed by atoms with van der Waals surface area (Å²) in [5.74, 6) is 0.745. The molecule has 0 aliphatic carbocycles. The van der Waals surface area contributed by atoms with Crippen LogP contribution in [0.25, 0.3) is 0 Å². The van der Waals surface area contributed by atoms with Gasteiger partial charge in [-0.2, -0.15) is 14.9 Å². The van der Waals surface area contributed by atoms with Gasteiger partial charge in [-0.25, -0.2) is 0 Å². The van der Waals surface area contributed by atoms with E-state index in [4.69, 9.17) is 12.2 Å². The number of nitrogens with one attached hydrogen (secondary N) is 1. The third kappa shape index (κ3) is 2.09. The number of hydrogen-bond acceptors (Lipinski definition) is 3. The molecule has 0 aliphatic heterocycles. The lowest BCUT2D eigenvalue weighted by Gasteiger charge is -1.98. The second-order valence-electron chi connectivity index (χ2n) is 3.49. The van der Waals surface area contributed by atoms with Crippen LogP contribution in [0.2, 0.25) is 0 Å². The quantitative estimate of drug-likeness (QED) is 0.638. The normalized spacial score (nSPS) is 11.1. The first-order valence-electron chi connectivity index (χ1n) is 4.92. The first kappa shape index (κ1) is 10.8. The zero-order valence-corrected chi connectivity index (χ0v) is 9.95. The molecule has 2 rings (SSSR count). The van der Waals surface area contributed by atoms with Crippen molar-refractivity contribution in [2.75, 3.05) is 0 Å². The molecule has 0 amide bonds. The number of nitrogens with zero attached hydrogens (tertiary/aromatic N) is 3. The van der Waals surface area contributed by atoms with Gasteiger partial charge in [0.15, 0.2) is 0 Å². The molecule has 0 atom stereocenters. The minimum absolute atomic E-state index is 0.502. The lowest BCUT2D eigenvalue weighted by molar-refractivity contribution is 0.820. The highest BCUT2D eigenvalue weighted by Gasteiger charge is 1.97. The van der Waals surface area contributed by atoms with Crippen LogP contribution in [-0.2, 0) is 0 Å². The summed E-state index contributed by atoms with van der Waals surface area (Å²) >= 11 is 5.05. The number of benzene rings is 1. The van der Waals surface area contributed by atoms with Crippen LogP contribution in [0.3, 0.4) is 0 Å². The Morgan fingerprint density at radius 1 is 1.38 bits per heavy atom. The van der Waals surface area contributed by atoms with Gasteiger partial charge in [-0.05, 0) is 37.2 Å². The molecule has 0 saturated heterocycles. The summed E-state index contributed by atoms with van der Waals surface area (Å²) in [6.45, 7) is 3.89. The fourth-order valence-electron chi connectivity index (χ4n) is 1.36. The van der Waals surface area contributed by atoms with Crippen molar-refractivity contribution in [3.05, 3.63) is 46.0 Å². The van der Waals surface area contributed by atoms with Crippen LogP contribution in [0.5, 0.6) is 0 Å². The van der Waals surface area contributed by atoms with Crippen molar-refractivity contribution >= 4 is 18.4 Å². The molecule has 5 heteroatoms. The summed E-state index contributed by atoms with van der Waals surface area (Å²) in [7, 11) is 0. The molecule has 4 nitrogen and oxygen atoms in total. The maximum atomic E-state index is 5.05. The number of aromatic amines is 1. The number of H-pyrrole nitrogens is 1. The first-order chi connectivity index (χ1) is 7.68. The van der Waals surface area contributed by atoms with Gasteiger partial charge < -0.3 is 0 Å². The second-order valence-corrected chi connectivity index (χ2v) is 3.88. The Balaban J connectivity index is 2.36. The predicted molar refractivity (Wildman–Crippen MR) is 66.3 cm³/mol. The Morgan fingerprint density at radius 2 is 2.12 bits per heavy atom. The molecule has 0 bridgehead atoms. The summed E-state index contributed by atoms with van der Waals surface area (Å²) in [5.41, 5.74) is 2.25. The summed E-state index contributed by atoms with van der Waals surface area (Å²) < 4.78 is 2.10. The smallest absolute Gasteiger partial charge is 0.216 e. The maximum absolute atomic E-state index is 5.05. The molecule has 0 unspecified atom stereocenters. The molecule has 1 N–H and O–H groups in total. The van der Waals surface area contributed by atoms with Crippen molar-refractivity contribution < 1.29 is 0 Å². The van der Waals surface area contributed by atoms with E-state index in [0.29, 0.717) is 4.77 Å². The fourth-order valence-corrected chi connectivity index (χ4v) is 1.58. The van der Waals surface area contributed by atoms with E-state index in [1.165, 1.54) is 5.56 Å². The molecule has 0 fully saturated rings. The first-order valence-corrected chi connectivity index (χ1v) is 5.33. The van der Waals surface area contributed by atoms with Crippen molar-refractivity contribution in [1.29, 1.82) is 0 Å². The van der Waals surface area contributed by atoms with Crippen molar-refractivity contribution in [3.8, 4) is 0 Å². The molecule has 16 heavy (non-hydrogen) atoms. The monoisotopic (exact) mass is 232 g/mol. The van der Waals surface area contributed by atoms with Gasteiger partial charge in [0.1, 0.15) is 5.82 Å². The fraction of sp³-hybridized carbons (Fsp3) is 0.182. The van der Waals surface area contributed by atoms with Gasteiger partial charge in [0.2, 0.25) is 4.77 Å². The van der Waals surface area contributed by atoms with E-state index in [-0.39, 0.29) is 0 Å². The van der Waals surface area contributed by atoms with Gasteiger partial charge >= 0.3 is 0 Å². The van der Waals surface area contributed by atoms with Gasteiger partial charge in [0.05, 0.1) is 6.21 Å². The predicted octanol–water partition coefficient (Wildman–Crippen LogP) is 2.44.